The number of fused-ring (bicyclic) bond motifs is 2. The molecule has 10 nitrogen and oxygen atoms in total. The molecular weight excluding hydrogens is 778 g/mol. The summed E-state index contributed by atoms with van der Waals surface area (Å²) in [5.74, 6) is -8.17. The van der Waals surface area contributed by atoms with Gasteiger partial charge in [0.2, 0.25) is 0 Å². The molecule has 0 spiro atoms. The molecule has 0 unspecified atom stereocenters. The quantitative estimate of drug-likeness (QED) is 0.143. The highest BCUT2D eigenvalue weighted by molar-refractivity contribution is 9.10. The Morgan fingerprint density at radius 3 is 2.21 bits per heavy atom. The molecule has 1 aliphatic rings. The number of likely N-dealkylation sites (N-methyl/N-ethyl adjacent to an activating group) is 1. The third-order valence-electron chi connectivity index (χ3n) is 8.97. The van der Waals surface area contributed by atoms with Crippen LogP contribution in [-0.2, 0) is 21.9 Å². The normalized spacial score (nSPS) is 15.9. The molecule has 5 rings (SSSR count). The van der Waals surface area contributed by atoms with Gasteiger partial charge >= 0.3 is 18.3 Å². The lowest BCUT2D eigenvalue weighted by Gasteiger charge is -2.36. The van der Waals surface area contributed by atoms with Gasteiger partial charge < -0.3 is 35.0 Å². The number of carbonyl (C=O) groups is 3. The van der Waals surface area contributed by atoms with Crippen LogP contribution >= 0.6 is 15.9 Å². The fraction of sp³-hybridized carbons (Fsp3) is 0.306. The van der Waals surface area contributed by atoms with Crippen molar-refractivity contribution in [1.82, 2.24) is 10.2 Å². The van der Waals surface area contributed by atoms with Gasteiger partial charge in [0.15, 0.2) is 0 Å². The van der Waals surface area contributed by atoms with Crippen LogP contribution in [0.2, 0.25) is 0 Å². The average Bonchev–Trinajstić information content (AvgIpc) is 3.23. The summed E-state index contributed by atoms with van der Waals surface area (Å²) in [5.41, 5.74) is -0.734. The molecule has 0 saturated carbocycles. The SMILES string of the molecule is CN[C@@H](C)CN(C(=O)C(F)(F)F)[C@H]1CN(C(=O)c2ccc(C(O)(O)C(F)(F)F)cc2)c2ccccc2N(Cc2c(OC)ccc3cc(Br)ccc23)C1=O. The van der Waals surface area contributed by atoms with Crippen LogP contribution in [0.25, 0.3) is 10.8 Å². The predicted octanol–water partition coefficient (Wildman–Crippen LogP) is 5.87. The molecule has 0 fully saturated rings. The number of para-hydroxylation sites is 2. The van der Waals surface area contributed by atoms with Crippen LogP contribution in [0.15, 0.2) is 83.3 Å². The Balaban J connectivity index is 1.71. The number of nitrogens with zero attached hydrogens (tertiary/aromatic N) is 3. The van der Waals surface area contributed by atoms with Crippen LogP contribution < -0.4 is 19.9 Å². The van der Waals surface area contributed by atoms with Gasteiger partial charge in [-0.15, -0.1) is 0 Å². The number of alkyl halides is 6. The van der Waals surface area contributed by atoms with Gasteiger partial charge in [-0.2, -0.15) is 26.3 Å². The molecule has 0 aromatic heterocycles. The fourth-order valence-electron chi connectivity index (χ4n) is 6.08. The molecule has 2 atom stereocenters. The van der Waals surface area contributed by atoms with Crippen LogP contribution in [0.5, 0.6) is 5.75 Å². The zero-order valence-corrected chi connectivity index (χ0v) is 29.9. The van der Waals surface area contributed by atoms with Gasteiger partial charge in [0.1, 0.15) is 11.8 Å². The summed E-state index contributed by atoms with van der Waals surface area (Å²) in [5, 5.41) is 23.6. The Morgan fingerprint density at radius 1 is 0.981 bits per heavy atom. The number of rotatable bonds is 9. The van der Waals surface area contributed by atoms with Gasteiger partial charge in [-0.1, -0.05) is 52.3 Å². The number of nitrogens with one attached hydrogen (secondary N) is 1. The van der Waals surface area contributed by atoms with E-state index in [1.807, 2.05) is 6.07 Å². The maximum atomic E-state index is 14.8. The summed E-state index contributed by atoms with van der Waals surface area (Å²) in [4.78, 5) is 44.7. The summed E-state index contributed by atoms with van der Waals surface area (Å²) in [7, 11) is 2.86. The first-order chi connectivity index (χ1) is 24.8. The number of methoxy groups -OCH3 is 1. The van der Waals surface area contributed by atoms with Crippen molar-refractivity contribution in [2.45, 2.75) is 43.7 Å². The average molecular weight is 812 g/mol. The summed E-state index contributed by atoms with van der Waals surface area (Å²) >= 11 is 3.43. The van der Waals surface area contributed by atoms with Gasteiger partial charge in [-0.05, 0) is 67.2 Å². The summed E-state index contributed by atoms with van der Waals surface area (Å²) in [6.45, 7) is -0.188. The van der Waals surface area contributed by atoms with E-state index in [0.717, 1.165) is 26.9 Å². The third-order valence-corrected chi connectivity index (χ3v) is 9.47. The summed E-state index contributed by atoms with van der Waals surface area (Å²) < 4.78 is 89.0. The number of hydrogen-bond acceptors (Lipinski definition) is 7. The van der Waals surface area contributed by atoms with Crippen LogP contribution in [0.3, 0.4) is 0 Å². The van der Waals surface area contributed by atoms with Crippen molar-refractivity contribution in [2.24, 2.45) is 0 Å². The molecule has 3 amide bonds. The van der Waals surface area contributed by atoms with Crippen molar-refractivity contribution in [3.8, 4) is 5.75 Å². The van der Waals surface area contributed by atoms with Crippen molar-refractivity contribution in [3.05, 3.63) is 100 Å². The lowest BCUT2D eigenvalue weighted by molar-refractivity contribution is -0.358. The first kappa shape index (κ1) is 39.5. The smallest absolute Gasteiger partial charge is 0.471 e. The number of ether oxygens (including phenoxy) is 1. The molecule has 0 aliphatic carbocycles. The second-order valence-corrected chi connectivity index (χ2v) is 13.3. The topological polar surface area (TPSA) is 123 Å². The number of anilines is 2. The second-order valence-electron chi connectivity index (χ2n) is 12.3. The van der Waals surface area contributed by atoms with Gasteiger partial charge in [0.05, 0.1) is 31.6 Å². The molecule has 1 heterocycles. The van der Waals surface area contributed by atoms with E-state index in [4.69, 9.17) is 4.74 Å². The number of halogens is 7. The van der Waals surface area contributed by atoms with Crippen molar-refractivity contribution < 1.29 is 55.7 Å². The first-order valence-corrected chi connectivity index (χ1v) is 16.7. The molecule has 17 heteroatoms. The second kappa shape index (κ2) is 15.0. The number of carbonyl (C=O) groups excluding carboxylic acids is 3. The van der Waals surface area contributed by atoms with Crippen LogP contribution in [0.4, 0.5) is 37.7 Å². The van der Waals surface area contributed by atoms with E-state index in [9.17, 15) is 50.9 Å². The van der Waals surface area contributed by atoms with Crippen LogP contribution in [0, 0.1) is 0 Å². The Morgan fingerprint density at radius 2 is 1.62 bits per heavy atom. The molecule has 53 heavy (non-hydrogen) atoms. The van der Waals surface area contributed by atoms with E-state index in [1.54, 1.807) is 24.3 Å². The lowest BCUT2D eigenvalue weighted by atomic mass is 10.0. The van der Waals surface area contributed by atoms with Crippen LogP contribution in [0.1, 0.15) is 28.4 Å². The highest BCUT2D eigenvalue weighted by atomic mass is 79.9. The van der Waals surface area contributed by atoms with Gasteiger partial charge in [-0.25, -0.2) is 0 Å². The molecular formula is C36H33BrF6N4O6. The maximum absolute atomic E-state index is 14.8. The van der Waals surface area contributed by atoms with Gasteiger partial charge in [0, 0.05) is 33.7 Å². The number of aliphatic hydroxyl groups is 2. The first-order valence-electron chi connectivity index (χ1n) is 15.9. The molecule has 0 saturated heterocycles. The molecule has 4 aromatic carbocycles. The third kappa shape index (κ3) is 7.83. The van der Waals surface area contributed by atoms with Crippen molar-refractivity contribution in [3.63, 3.8) is 0 Å². The Hall–Kier alpha value is -4.71. The number of hydrogen-bond donors (Lipinski definition) is 3. The minimum atomic E-state index is -5.48. The molecule has 282 valence electrons. The van der Waals surface area contributed by atoms with E-state index in [1.165, 1.54) is 50.2 Å². The molecule has 0 bridgehead atoms. The monoisotopic (exact) mass is 810 g/mol. The van der Waals surface area contributed by atoms with Crippen LogP contribution in [-0.4, -0.2) is 84.5 Å². The number of benzene rings is 4. The molecule has 0 radical (unpaired) electrons. The van der Waals surface area contributed by atoms with E-state index in [0.29, 0.717) is 33.7 Å². The largest absolute Gasteiger partial charge is 0.496 e. The minimum absolute atomic E-state index is 0.0365. The highest BCUT2D eigenvalue weighted by Gasteiger charge is 2.54. The van der Waals surface area contributed by atoms with E-state index in [2.05, 4.69) is 21.2 Å². The minimum Gasteiger partial charge on any atom is -0.496 e. The zero-order valence-electron chi connectivity index (χ0n) is 28.3. The van der Waals surface area contributed by atoms with Crippen molar-refractivity contribution in [2.75, 3.05) is 37.0 Å². The Labute approximate surface area is 307 Å². The molecule has 3 N–H and O–H groups in total. The zero-order chi connectivity index (χ0) is 39.0. The fourth-order valence-corrected chi connectivity index (χ4v) is 6.46. The lowest BCUT2D eigenvalue weighted by Crippen LogP contribution is -2.59. The van der Waals surface area contributed by atoms with Gasteiger partial charge in [-0.3, -0.25) is 14.4 Å². The van der Waals surface area contributed by atoms with E-state index >= 15 is 0 Å². The summed E-state index contributed by atoms with van der Waals surface area (Å²) in [6, 6.07) is 15.1. The highest BCUT2D eigenvalue weighted by Crippen LogP contribution is 2.40. The molecule has 1 aliphatic heterocycles. The van der Waals surface area contributed by atoms with E-state index in [-0.39, 0.29) is 23.5 Å². The summed E-state index contributed by atoms with van der Waals surface area (Å²) in [6.07, 6.45) is -10.9. The maximum Gasteiger partial charge on any atom is 0.471 e. The van der Waals surface area contributed by atoms with Crippen molar-refractivity contribution >= 4 is 55.8 Å². The predicted molar refractivity (Wildman–Crippen MR) is 186 cm³/mol. The molecule has 4 aromatic rings. The van der Waals surface area contributed by atoms with E-state index < -0.39 is 66.6 Å². The Kier molecular flexibility index (Phi) is 11.2. The standard InChI is InChI=1S/C36H33BrF6N4O6/c1-20(44-2)17-47(33(50)35(38,39)40)29-19-46(31(48)21-8-11-23(12-9-21)34(51,52)36(41,42)43)28-7-5-4-6-27(28)45(32(29)49)18-26-25-14-13-24(37)16-22(25)10-15-30(26)53-3/h4-16,20,29,44,51-52H,17-19H2,1-3H3/t20-,29-/m0/s1. The van der Waals surface area contributed by atoms with Crippen molar-refractivity contribution in [1.29, 1.82) is 0 Å². The van der Waals surface area contributed by atoms with Gasteiger partial charge in [0.25, 0.3) is 17.6 Å². The number of amides is 3. The Bertz CT molecular complexity index is 2020.